The summed E-state index contributed by atoms with van der Waals surface area (Å²) in [5.74, 6) is -7.69. The summed E-state index contributed by atoms with van der Waals surface area (Å²) in [6.07, 6.45) is 8.69. The third-order valence-electron chi connectivity index (χ3n) is 16.8. The third kappa shape index (κ3) is 13.4. The molecule has 75 heavy (non-hydrogen) atoms. The Labute approximate surface area is 445 Å². The van der Waals surface area contributed by atoms with Crippen molar-refractivity contribution in [1.82, 2.24) is 9.47 Å². The molecule has 14 nitrogen and oxygen atoms in total. The number of fused-ring (bicyclic) bond motifs is 4. The van der Waals surface area contributed by atoms with Crippen LogP contribution in [0, 0.1) is 29.6 Å². The number of piperidine rings is 1. The molecule has 2 bridgehead atoms. The molecule has 1 aromatic heterocycles. The van der Waals surface area contributed by atoms with E-state index in [9.17, 15) is 29.4 Å². The molecule has 1 aliphatic carbocycles. The molecule has 7 rings (SSSR count). The highest BCUT2D eigenvalue weighted by Crippen LogP contribution is 2.40. The van der Waals surface area contributed by atoms with E-state index in [1.807, 2.05) is 32.9 Å². The lowest BCUT2D eigenvalue weighted by molar-refractivity contribution is -0.302. The van der Waals surface area contributed by atoms with Crippen LogP contribution in [-0.4, -0.2) is 132 Å². The largest absolute Gasteiger partial charge is 0.456 e. The molecule has 3 aromatic rings. The molecule has 14 unspecified atom stereocenters. The lowest BCUT2D eigenvalue weighted by Crippen LogP contribution is -2.64. The zero-order valence-corrected chi connectivity index (χ0v) is 46.0. The van der Waals surface area contributed by atoms with Crippen molar-refractivity contribution in [1.29, 1.82) is 0 Å². The van der Waals surface area contributed by atoms with E-state index in [1.54, 1.807) is 27.0 Å². The zero-order valence-electron chi connectivity index (χ0n) is 46.0. The number of aliphatic hydroxyl groups is 2. The van der Waals surface area contributed by atoms with E-state index >= 15 is 0 Å². The van der Waals surface area contributed by atoms with Gasteiger partial charge in [-0.2, -0.15) is 0 Å². The van der Waals surface area contributed by atoms with Crippen molar-refractivity contribution in [3.63, 3.8) is 0 Å². The number of ketones is 2. The molecule has 2 saturated heterocycles. The highest BCUT2D eigenvalue weighted by molar-refractivity contribution is 6.39. The molecular formula is C61H85N3O11. The van der Waals surface area contributed by atoms with Crippen molar-refractivity contribution in [3.05, 3.63) is 102 Å². The Morgan fingerprint density at radius 2 is 1.67 bits per heavy atom. The van der Waals surface area contributed by atoms with E-state index in [2.05, 4.69) is 90.8 Å². The van der Waals surface area contributed by atoms with Crippen LogP contribution in [0.4, 0.5) is 5.69 Å². The second-order valence-corrected chi connectivity index (χ2v) is 22.3. The minimum absolute atomic E-state index is 0.00318. The van der Waals surface area contributed by atoms with Crippen molar-refractivity contribution in [3.8, 4) is 0 Å². The summed E-state index contributed by atoms with van der Waals surface area (Å²) in [4.78, 5) is 61.5. The Kier molecular flexibility index (Phi) is 20.0. The van der Waals surface area contributed by atoms with Crippen LogP contribution in [-0.2, 0) is 49.4 Å². The van der Waals surface area contributed by atoms with E-state index in [0.29, 0.717) is 50.7 Å². The first-order valence-electron chi connectivity index (χ1n) is 27.6. The second kappa shape index (κ2) is 25.9. The molecule has 0 radical (unpaired) electrons. The smallest absolute Gasteiger partial charge is 0.329 e. The van der Waals surface area contributed by atoms with Gasteiger partial charge in [0.25, 0.3) is 11.7 Å². The van der Waals surface area contributed by atoms with Gasteiger partial charge in [-0.15, -0.1) is 6.58 Å². The molecule has 14 atom stereocenters. The Hall–Kier alpha value is -4.96. The summed E-state index contributed by atoms with van der Waals surface area (Å²) >= 11 is 0. The number of carbonyl (C=O) groups is 4. The molecule has 4 aliphatic rings. The Bertz CT molecular complexity index is 2500. The number of rotatable bonds is 12. The van der Waals surface area contributed by atoms with E-state index in [1.165, 1.54) is 28.5 Å². The maximum atomic E-state index is 14.7. The van der Waals surface area contributed by atoms with Crippen LogP contribution < -0.4 is 4.90 Å². The summed E-state index contributed by atoms with van der Waals surface area (Å²) in [5, 5.41) is 25.4. The number of esters is 1. The molecule has 3 aliphatic heterocycles. The number of cyclic esters (lactones) is 1. The Morgan fingerprint density at radius 3 is 2.37 bits per heavy atom. The normalized spacial score (nSPS) is 33.3. The van der Waals surface area contributed by atoms with Crippen LogP contribution in [0.1, 0.15) is 118 Å². The first-order chi connectivity index (χ1) is 35.9. The van der Waals surface area contributed by atoms with E-state index in [4.69, 9.17) is 23.7 Å². The molecule has 4 heterocycles. The summed E-state index contributed by atoms with van der Waals surface area (Å²) < 4.78 is 33.5. The van der Waals surface area contributed by atoms with Crippen molar-refractivity contribution < 1.29 is 53.1 Å². The number of hydrogen-bond acceptors (Lipinski definition) is 12. The van der Waals surface area contributed by atoms with Crippen LogP contribution in [0.15, 0.2) is 96.7 Å². The fourth-order valence-electron chi connectivity index (χ4n) is 12.5. The predicted molar refractivity (Wildman–Crippen MR) is 291 cm³/mol. The zero-order chi connectivity index (χ0) is 54.1. The maximum Gasteiger partial charge on any atom is 0.329 e. The van der Waals surface area contributed by atoms with Gasteiger partial charge < -0.3 is 48.3 Å². The number of aliphatic hydroxyl groups excluding tert-OH is 1. The molecule has 2 aromatic carbocycles. The average molecular weight is 1040 g/mol. The van der Waals surface area contributed by atoms with Crippen molar-refractivity contribution >= 4 is 40.0 Å². The number of benzene rings is 2. The van der Waals surface area contributed by atoms with E-state index < -0.39 is 77.8 Å². The first-order valence-corrected chi connectivity index (χ1v) is 27.6. The van der Waals surface area contributed by atoms with Gasteiger partial charge in [-0.25, -0.2) is 4.79 Å². The number of amides is 1. The van der Waals surface area contributed by atoms with Crippen LogP contribution >= 0.6 is 0 Å². The van der Waals surface area contributed by atoms with Gasteiger partial charge in [-0.3, -0.25) is 14.4 Å². The van der Waals surface area contributed by atoms with Gasteiger partial charge in [-0.1, -0.05) is 74.9 Å². The predicted octanol–water partition coefficient (Wildman–Crippen LogP) is 9.18. The lowest BCUT2D eigenvalue weighted by atomic mass is 9.80. The number of carbonyl (C=O) groups excluding carboxylic acids is 4. The van der Waals surface area contributed by atoms with Gasteiger partial charge >= 0.3 is 5.97 Å². The minimum atomic E-state index is -2.52. The highest BCUT2D eigenvalue weighted by Gasteiger charge is 2.56. The van der Waals surface area contributed by atoms with Gasteiger partial charge in [0.05, 0.1) is 30.5 Å². The fraction of sp³-hybridized carbons (Fsp3) is 0.607. The molecule has 410 valence electrons. The molecule has 1 amide bonds. The standard InChI is InChI=1S/C61H85N3O11/c1-11-18-46-30-38(3)29-39(4)31-54(71-9)57-55(72-10)33-41(6)61(70,75-57)58(67)59(68)64-27-17-16-21-50(64)60(69)74-56(42(7)51(65)36-52(46)66)40(5)32-44-22-24-49(53(34-44)73-12-2)62(8)47-23-25-48-45(35-47)26-28-63(48)37-43-19-14-13-15-20-43/h11,13-15,19-20,23,25-26,28,30,32,35,39,41-42,44,46,49-51,53-57,65,70H,1,12,16-18,21-22,24,27,29,31,33-34,36-37H2,2-10H3. The maximum absolute atomic E-state index is 14.7. The molecule has 0 spiro atoms. The van der Waals surface area contributed by atoms with Crippen molar-refractivity contribution in [2.45, 2.75) is 173 Å². The number of hydrogen-bond donors (Lipinski definition) is 2. The highest BCUT2D eigenvalue weighted by atomic mass is 16.7. The number of Topliss-reactive ketones (excluding diaryl/α,β-unsaturated/α-hetero) is 2. The number of allylic oxidation sites excluding steroid dienone is 4. The minimum Gasteiger partial charge on any atom is -0.456 e. The molecule has 3 fully saturated rings. The first kappa shape index (κ1) is 57.7. The second-order valence-electron chi connectivity index (χ2n) is 22.3. The summed E-state index contributed by atoms with van der Waals surface area (Å²) in [7, 11) is 5.21. The van der Waals surface area contributed by atoms with Crippen molar-refractivity contribution in [2.24, 2.45) is 29.6 Å². The van der Waals surface area contributed by atoms with Gasteiger partial charge in [0.1, 0.15) is 24.0 Å². The molecule has 1 saturated carbocycles. The number of aromatic nitrogens is 1. The average Bonchev–Trinajstić information content (AvgIpc) is 3.80. The van der Waals surface area contributed by atoms with Gasteiger partial charge in [0.2, 0.25) is 5.79 Å². The number of nitrogens with zero attached hydrogens (tertiary/aromatic N) is 3. The summed E-state index contributed by atoms with van der Waals surface area (Å²) in [5.41, 5.74) is 5.19. The monoisotopic (exact) mass is 1040 g/mol. The topological polar surface area (TPSA) is 166 Å². The van der Waals surface area contributed by atoms with Gasteiger partial charge in [-0.05, 0) is 132 Å². The number of likely N-dealkylation sites (N-methyl/N-ethyl adjacent to an activating group) is 1. The molecular weight excluding hydrogens is 951 g/mol. The number of ether oxygens (including phenoxy) is 5. The number of methoxy groups -OCH3 is 2. The number of anilines is 1. The summed E-state index contributed by atoms with van der Waals surface area (Å²) in [6, 6.07) is 18.2. The third-order valence-corrected chi connectivity index (χ3v) is 16.8. The van der Waals surface area contributed by atoms with Crippen LogP contribution in [0.25, 0.3) is 10.9 Å². The lowest BCUT2D eigenvalue weighted by Gasteiger charge is -2.47. The fourth-order valence-corrected chi connectivity index (χ4v) is 12.5. The Balaban J connectivity index is 1.17. The Morgan fingerprint density at radius 1 is 0.933 bits per heavy atom. The van der Waals surface area contributed by atoms with Gasteiger partial charge in [0.15, 0.2) is 0 Å². The van der Waals surface area contributed by atoms with E-state index in [-0.39, 0.29) is 55.6 Å². The molecule has 2 N–H and O–H groups in total. The van der Waals surface area contributed by atoms with Crippen LogP contribution in [0.3, 0.4) is 0 Å². The molecule has 14 heteroatoms. The van der Waals surface area contributed by atoms with Crippen LogP contribution in [0.5, 0.6) is 0 Å². The van der Waals surface area contributed by atoms with Crippen LogP contribution in [0.2, 0.25) is 0 Å². The quantitative estimate of drug-likeness (QED) is 0.101. The SMILES string of the molecule is C=CCC1C=C(C)CC(C)CC(OC)C2OC(O)(C(=O)C(=O)N3CCCCC3C(=O)OC(C(C)=CC3CCC(N(C)c4ccc5c(ccn5Cc5ccccc5)c4)C(OCC)C3)C(C)C(O)CC1=O)C(C)CC2OC. The van der Waals surface area contributed by atoms with Crippen molar-refractivity contribution in [2.75, 3.05) is 39.3 Å². The van der Waals surface area contributed by atoms with E-state index in [0.717, 1.165) is 30.6 Å². The summed E-state index contributed by atoms with van der Waals surface area (Å²) in [6.45, 7) is 16.7. The van der Waals surface area contributed by atoms with Gasteiger partial charge in [0, 0.05) is 87.9 Å².